The summed E-state index contributed by atoms with van der Waals surface area (Å²) in [7, 11) is 0. The lowest BCUT2D eigenvalue weighted by atomic mass is 10.0. The van der Waals surface area contributed by atoms with Crippen molar-refractivity contribution in [2.24, 2.45) is 0 Å². The van der Waals surface area contributed by atoms with Crippen LogP contribution >= 0.6 is 0 Å². The van der Waals surface area contributed by atoms with Gasteiger partial charge in [-0.3, -0.25) is 29.7 Å². The van der Waals surface area contributed by atoms with Gasteiger partial charge in [0.2, 0.25) is 5.88 Å². The molecule has 17 nitrogen and oxygen atoms in total. The van der Waals surface area contributed by atoms with Gasteiger partial charge in [0.1, 0.15) is 11.1 Å². The van der Waals surface area contributed by atoms with Crippen molar-refractivity contribution in [3.63, 3.8) is 0 Å². The molecule has 1 aliphatic rings. The van der Waals surface area contributed by atoms with E-state index in [-0.39, 0.29) is 28.3 Å². The van der Waals surface area contributed by atoms with Crippen molar-refractivity contribution in [2.75, 3.05) is 26.2 Å². The van der Waals surface area contributed by atoms with E-state index >= 15 is 0 Å². The van der Waals surface area contributed by atoms with Crippen molar-refractivity contribution in [3.05, 3.63) is 189 Å². The number of rotatable bonds is 10. The molecule has 1 aliphatic heterocycles. The zero-order valence-corrected chi connectivity index (χ0v) is 31.7. The lowest BCUT2D eigenvalue weighted by Gasteiger charge is -2.26. The van der Waals surface area contributed by atoms with E-state index in [1.165, 1.54) is 73.1 Å². The number of hydrogen-bond donors (Lipinski definition) is 7. The average molecular weight is 816 g/mol. The first-order valence-corrected chi connectivity index (χ1v) is 18.3. The van der Waals surface area contributed by atoms with Crippen LogP contribution in [0.4, 0.5) is 42.8 Å². The number of H-pyrrole nitrogens is 1. The molecular weight excluding hydrogens is 783 g/mol. The van der Waals surface area contributed by atoms with E-state index in [9.17, 15) is 38.7 Å². The molecule has 0 atom stereocenters. The number of benzene rings is 4. The van der Waals surface area contributed by atoms with Crippen LogP contribution in [0.1, 0.15) is 11.1 Å². The molecule has 0 spiro atoms. The van der Waals surface area contributed by atoms with Gasteiger partial charge >= 0.3 is 23.8 Å². The molecule has 1 saturated heterocycles. The minimum absolute atomic E-state index is 0.0539. The Bertz CT molecular complexity index is 2890. The van der Waals surface area contributed by atoms with E-state index in [0.717, 1.165) is 9.47 Å². The van der Waals surface area contributed by atoms with Crippen LogP contribution in [-0.4, -0.2) is 49.5 Å². The molecule has 7 N–H and O–H groups in total. The summed E-state index contributed by atoms with van der Waals surface area (Å²) in [5.41, 5.74) is -0.105. The summed E-state index contributed by atoms with van der Waals surface area (Å²) in [5.74, 6) is -2.69. The van der Waals surface area contributed by atoms with Crippen molar-refractivity contribution in [3.8, 4) is 11.6 Å². The third-order valence-corrected chi connectivity index (χ3v) is 8.88. The summed E-state index contributed by atoms with van der Waals surface area (Å²) in [4.78, 5) is 99.0. The van der Waals surface area contributed by atoms with Crippen molar-refractivity contribution in [1.29, 1.82) is 0 Å². The number of hydrogen-bond acceptors (Lipinski definition) is 9. The Hall–Kier alpha value is -9.12. The van der Waals surface area contributed by atoms with Crippen LogP contribution in [0.15, 0.2) is 167 Å². The fourth-order valence-electron chi connectivity index (χ4n) is 6.05. The zero-order valence-electron chi connectivity index (χ0n) is 31.7. The second-order valence-electron chi connectivity index (χ2n) is 13.0. The average Bonchev–Trinajstić information content (AvgIpc) is 3.23. The SMILES string of the molecule is O=C(Nc1ccccc1)Nc1cccc(N2C(=O)NC(=O)/C(=C/C=C(/C=C/c3c(O)[nH]c(=O)n(-c4cccc(NC(=O)Nc5ccccc5)c4)c3=O)c3ccncc3)C2=O)c1. The summed E-state index contributed by atoms with van der Waals surface area (Å²) in [5, 5.41) is 23.5. The number of imide groups is 2. The Kier molecular flexibility index (Phi) is 11.8. The number of amides is 8. The van der Waals surface area contributed by atoms with E-state index in [4.69, 9.17) is 0 Å². The number of aromatic hydroxyl groups is 1. The van der Waals surface area contributed by atoms with Gasteiger partial charge in [0.25, 0.3) is 17.4 Å². The predicted molar refractivity (Wildman–Crippen MR) is 229 cm³/mol. The van der Waals surface area contributed by atoms with Crippen LogP contribution in [0.5, 0.6) is 5.88 Å². The predicted octanol–water partition coefficient (Wildman–Crippen LogP) is 6.22. The monoisotopic (exact) mass is 815 g/mol. The Labute approximate surface area is 345 Å². The number of aromatic nitrogens is 3. The fraction of sp³-hybridized carbons (Fsp3) is 0. The molecule has 61 heavy (non-hydrogen) atoms. The Balaban J connectivity index is 1.16. The number of anilines is 5. The molecule has 17 heteroatoms. The van der Waals surface area contributed by atoms with Gasteiger partial charge in [-0.25, -0.2) is 28.6 Å². The number of barbiturate groups is 1. The maximum atomic E-state index is 13.8. The number of pyridine rings is 1. The molecule has 0 aliphatic carbocycles. The van der Waals surface area contributed by atoms with Crippen molar-refractivity contribution in [2.45, 2.75) is 0 Å². The minimum atomic E-state index is -1.02. The summed E-state index contributed by atoms with van der Waals surface area (Å²) < 4.78 is 0.772. The maximum Gasteiger partial charge on any atom is 0.335 e. The van der Waals surface area contributed by atoms with Gasteiger partial charge in [-0.15, -0.1) is 0 Å². The lowest BCUT2D eigenvalue weighted by Crippen LogP contribution is -2.54. The summed E-state index contributed by atoms with van der Waals surface area (Å²) >= 11 is 0. The molecule has 4 aromatic carbocycles. The third kappa shape index (κ3) is 9.54. The molecule has 0 bridgehead atoms. The van der Waals surface area contributed by atoms with Gasteiger partial charge in [0, 0.05) is 35.1 Å². The smallest absolute Gasteiger partial charge is 0.335 e. The van der Waals surface area contributed by atoms with Crippen LogP contribution < -0.4 is 42.7 Å². The molecule has 0 unspecified atom stereocenters. The second-order valence-corrected chi connectivity index (χ2v) is 13.0. The van der Waals surface area contributed by atoms with Gasteiger partial charge in [0.15, 0.2) is 0 Å². The van der Waals surface area contributed by atoms with Gasteiger partial charge in [-0.2, -0.15) is 0 Å². The van der Waals surface area contributed by atoms with E-state index in [1.807, 2.05) is 0 Å². The highest BCUT2D eigenvalue weighted by atomic mass is 16.3. The number of carbonyl (C=O) groups is 5. The first-order valence-electron chi connectivity index (χ1n) is 18.3. The number of carbonyl (C=O) groups excluding carboxylic acids is 5. The van der Waals surface area contributed by atoms with Crippen LogP contribution in [-0.2, 0) is 9.59 Å². The molecule has 0 radical (unpaired) electrons. The van der Waals surface area contributed by atoms with E-state index in [1.54, 1.807) is 84.9 Å². The number of nitrogens with zero attached hydrogens (tertiary/aromatic N) is 3. The summed E-state index contributed by atoms with van der Waals surface area (Å²) in [6.07, 6.45) is 8.17. The molecule has 6 aromatic rings. The largest absolute Gasteiger partial charge is 0.494 e. The van der Waals surface area contributed by atoms with Gasteiger partial charge < -0.3 is 26.4 Å². The highest BCUT2D eigenvalue weighted by molar-refractivity contribution is 6.37. The van der Waals surface area contributed by atoms with Crippen molar-refractivity contribution >= 4 is 70.0 Å². The molecule has 1 fully saturated rings. The highest BCUT2D eigenvalue weighted by Crippen LogP contribution is 2.26. The van der Waals surface area contributed by atoms with Crippen molar-refractivity contribution in [1.82, 2.24) is 19.9 Å². The lowest BCUT2D eigenvalue weighted by molar-refractivity contribution is -0.122. The number of urea groups is 3. The van der Waals surface area contributed by atoms with Gasteiger partial charge in [-0.1, -0.05) is 60.7 Å². The fourth-order valence-corrected chi connectivity index (χ4v) is 6.05. The van der Waals surface area contributed by atoms with Gasteiger partial charge in [-0.05, 0) is 96.1 Å². The first kappa shape index (κ1) is 40.1. The Morgan fingerprint density at radius 3 is 1.80 bits per heavy atom. The molecule has 302 valence electrons. The third-order valence-electron chi connectivity index (χ3n) is 8.88. The molecule has 3 heterocycles. The van der Waals surface area contributed by atoms with Crippen LogP contribution in [0.3, 0.4) is 0 Å². The quantitative estimate of drug-likeness (QED) is 0.0471. The topological polar surface area (TPSA) is 237 Å². The molecular formula is C44H33N9O8. The first-order chi connectivity index (χ1) is 29.5. The maximum absolute atomic E-state index is 13.8. The number of para-hydroxylation sites is 2. The number of aromatic amines is 1. The van der Waals surface area contributed by atoms with Crippen molar-refractivity contribution < 1.29 is 29.1 Å². The number of nitrogens with one attached hydrogen (secondary N) is 6. The zero-order chi connectivity index (χ0) is 42.9. The molecule has 7 rings (SSSR count). The highest BCUT2D eigenvalue weighted by Gasteiger charge is 2.36. The molecule has 0 saturated carbocycles. The van der Waals surface area contributed by atoms with E-state index in [0.29, 0.717) is 22.5 Å². The number of allylic oxidation sites excluding steroid dienone is 4. The standard InChI is InChI=1S/C44H33N9O8/c54-37-35(39(56)52(43(60)50-37)33-15-7-13-31(25-33)48-41(58)46-29-9-3-1-4-10-29)19-17-27(28-21-23-45-24-22-28)18-20-36-38(55)51-44(61)53(40(36)57)34-16-8-14-32(26-34)49-42(59)47-30-11-5-2-6-12-30/h1-26,54H,(H,50,60)(H2,46,48,58)(H2,47,49,59)(H,51,55,61)/b19-17+,27-18-,36-20-. The summed E-state index contributed by atoms with van der Waals surface area (Å²) in [6.45, 7) is 0. The van der Waals surface area contributed by atoms with Crippen LogP contribution in [0, 0.1) is 0 Å². The second kappa shape index (κ2) is 18.0. The molecule has 2 aromatic heterocycles. The molecule has 8 amide bonds. The van der Waals surface area contributed by atoms with E-state index in [2.05, 4.69) is 36.6 Å². The summed E-state index contributed by atoms with van der Waals surface area (Å²) in [6, 6.07) is 30.3. The Morgan fingerprint density at radius 1 is 0.656 bits per heavy atom. The van der Waals surface area contributed by atoms with E-state index < -0.39 is 52.6 Å². The van der Waals surface area contributed by atoms with Crippen LogP contribution in [0.25, 0.3) is 17.3 Å². The normalized spacial score (nSPS) is 13.5. The minimum Gasteiger partial charge on any atom is -0.494 e. The van der Waals surface area contributed by atoms with Gasteiger partial charge in [0.05, 0.1) is 11.4 Å². The van der Waals surface area contributed by atoms with Crippen LogP contribution in [0.2, 0.25) is 0 Å². The Morgan fingerprint density at radius 2 is 1.20 bits per heavy atom.